The number of carboxylic acids is 1. The number of carbonyl (C=O) groups is 2. The van der Waals surface area contributed by atoms with Crippen LogP contribution in [0.2, 0.25) is 0 Å². The van der Waals surface area contributed by atoms with Crippen molar-refractivity contribution in [2.45, 2.75) is 13.0 Å². The van der Waals surface area contributed by atoms with Crippen LogP contribution in [0.4, 0.5) is 0 Å². The molecule has 25 heavy (non-hydrogen) atoms. The first kappa shape index (κ1) is 18.3. The number of amides is 1. The molecule has 1 N–H and O–H groups in total. The summed E-state index contributed by atoms with van der Waals surface area (Å²) in [6.45, 7) is 0.385. The SMILES string of the molecule is COc1cccc(OC)c1CC(=O)N(C)Cc1ccc(C(=O)O)cc1. The molecule has 0 aliphatic heterocycles. The fourth-order valence-corrected chi connectivity index (χ4v) is 2.50. The third-order valence-corrected chi connectivity index (χ3v) is 3.90. The number of nitrogens with zero attached hydrogens (tertiary/aromatic N) is 1. The lowest BCUT2D eigenvalue weighted by atomic mass is 10.1. The number of hydrogen-bond donors (Lipinski definition) is 1. The number of rotatable bonds is 7. The lowest BCUT2D eigenvalue weighted by Gasteiger charge is -2.19. The molecule has 1 amide bonds. The van der Waals surface area contributed by atoms with E-state index in [2.05, 4.69) is 0 Å². The Morgan fingerprint density at radius 2 is 1.56 bits per heavy atom. The van der Waals surface area contributed by atoms with Crippen molar-refractivity contribution in [3.8, 4) is 11.5 Å². The lowest BCUT2D eigenvalue weighted by molar-refractivity contribution is -0.129. The second-order valence-corrected chi connectivity index (χ2v) is 5.57. The van der Waals surface area contributed by atoms with Gasteiger partial charge in [0.25, 0.3) is 0 Å². The Bertz CT molecular complexity index is 733. The highest BCUT2D eigenvalue weighted by atomic mass is 16.5. The largest absolute Gasteiger partial charge is 0.496 e. The third-order valence-electron chi connectivity index (χ3n) is 3.90. The fourth-order valence-electron chi connectivity index (χ4n) is 2.50. The molecule has 0 spiro atoms. The number of hydrogen-bond acceptors (Lipinski definition) is 4. The molecule has 6 heteroatoms. The number of benzene rings is 2. The number of aromatic carboxylic acids is 1. The van der Waals surface area contributed by atoms with Gasteiger partial charge in [0.2, 0.25) is 5.91 Å². The van der Waals surface area contributed by atoms with Crippen LogP contribution in [0, 0.1) is 0 Å². The van der Waals surface area contributed by atoms with Gasteiger partial charge in [0.1, 0.15) is 11.5 Å². The lowest BCUT2D eigenvalue weighted by Crippen LogP contribution is -2.28. The zero-order valence-electron chi connectivity index (χ0n) is 14.5. The smallest absolute Gasteiger partial charge is 0.335 e. The summed E-state index contributed by atoms with van der Waals surface area (Å²) in [6.07, 6.45) is 0.150. The van der Waals surface area contributed by atoms with Gasteiger partial charge in [-0.15, -0.1) is 0 Å². The summed E-state index contributed by atoms with van der Waals surface area (Å²) in [6, 6.07) is 11.8. The molecule has 0 radical (unpaired) electrons. The zero-order chi connectivity index (χ0) is 18.4. The number of carbonyl (C=O) groups excluding carboxylic acids is 1. The number of ether oxygens (including phenoxy) is 2. The van der Waals surface area contributed by atoms with Crippen molar-refractivity contribution in [3.05, 3.63) is 59.2 Å². The first-order valence-electron chi connectivity index (χ1n) is 7.72. The summed E-state index contributed by atoms with van der Waals surface area (Å²) in [4.78, 5) is 25.0. The molecule has 2 aromatic carbocycles. The zero-order valence-corrected chi connectivity index (χ0v) is 14.5. The average molecular weight is 343 g/mol. The molecule has 0 heterocycles. The number of methoxy groups -OCH3 is 2. The second-order valence-electron chi connectivity index (χ2n) is 5.57. The van der Waals surface area contributed by atoms with Crippen LogP contribution < -0.4 is 9.47 Å². The second kappa shape index (κ2) is 8.19. The van der Waals surface area contributed by atoms with Crippen molar-refractivity contribution in [2.24, 2.45) is 0 Å². The average Bonchev–Trinajstić information content (AvgIpc) is 2.62. The van der Waals surface area contributed by atoms with Gasteiger partial charge in [0.05, 0.1) is 26.2 Å². The predicted octanol–water partition coefficient (Wildman–Crippen LogP) is 2.60. The van der Waals surface area contributed by atoms with Crippen molar-refractivity contribution >= 4 is 11.9 Å². The van der Waals surface area contributed by atoms with Gasteiger partial charge in [-0.1, -0.05) is 18.2 Å². The van der Waals surface area contributed by atoms with E-state index in [1.54, 1.807) is 56.5 Å². The molecule has 0 aliphatic rings. The van der Waals surface area contributed by atoms with Crippen molar-refractivity contribution < 1.29 is 24.2 Å². The topological polar surface area (TPSA) is 76.1 Å². The van der Waals surface area contributed by atoms with Crippen molar-refractivity contribution in [1.29, 1.82) is 0 Å². The fraction of sp³-hybridized carbons (Fsp3) is 0.263. The molecule has 0 atom stereocenters. The monoisotopic (exact) mass is 343 g/mol. The summed E-state index contributed by atoms with van der Waals surface area (Å²) in [7, 11) is 4.81. The van der Waals surface area contributed by atoms with Crippen molar-refractivity contribution in [2.75, 3.05) is 21.3 Å². The minimum atomic E-state index is -0.973. The first-order chi connectivity index (χ1) is 12.0. The van der Waals surface area contributed by atoms with Crippen LogP contribution in [0.25, 0.3) is 0 Å². The molecule has 0 unspecified atom stereocenters. The maximum Gasteiger partial charge on any atom is 0.335 e. The van der Waals surface area contributed by atoms with Crippen molar-refractivity contribution in [1.82, 2.24) is 4.90 Å². The standard InChI is InChI=1S/C19H21NO5/c1-20(12-13-7-9-14(10-8-13)19(22)23)18(21)11-15-16(24-2)5-4-6-17(15)25-3/h4-10H,11-12H2,1-3H3,(H,22,23). The summed E-state index contributed by atoms with van der Waals surface area (Å²) >= 11 is 0. The highest BCUT2D eigenvalue weighted by Crippen LogP contribution is 2.29. The molecule has 0 fully saturated rings. The van der Waals surface area contributed by atoms with Gasteiger partial charge in [0.15, 0.2) is 0 Å². The van der Waals surface area contributed by atoms with Crippen LogP contribution in [0.3, 0.4) is 0 Å². The molecular formula is C19H21NO5. The molecule has 0 saturated carbocycles. The van der Waals surface area contributed by atoms with Crippen molar-refractivity contribution in [3.63, 3.8) is 0 Å². The molecule has 2 aromatic rings. The summed E-state index contributed by atoms with van der Waals surface area (Å²) in [5.74, 6) is 0.142. The van der Waals surface area contributed by atoms with Gasteiger partial charge in [0, 0.05) is 19.2 Å². The molecule has 0 aliphatic carbocycles. The number of carboxylic acid groups (broad SMARTS) is 1. The first-order valence-corrected chi connectivity index (χ1v) is 7.72. The Morgan fingerprint density at radius 3 is 2.04 bits per heavy atom. The number of likely N-dealkylation sites (N-methyl/N-ethyl adjacent to an activating group) is 1. The molecule has 0 bridgehead atoms. The molecule has 2 rings (SSSR count). The van der Waals surface area contributed by atoms with E-state index in [9.17, 15) is 9.59 Å². The minimum Gasteiger partial charge on any atom is -0.496 e. The summed E-state index contributed by atoms with van der Waals surface area (Å²) in [5, 5.41) is 8.92. The van der Waals surface area contributed by atoms with E-state index >= 15 is 0 Å². The summed E-state index contributed by atoms with van der Waals surface area (Å²) in [5.41, 5.74) is 1.77. The minimum absolute atomic E-state index is 0.0925. The van der Waals surface area contributed by atoms with Gasteiger partial charge in [-0.2, -0.15) is 0 Å². The van der Waals surface area contributed by atoms with E-state index in [1.807, 2.05) is 0 Å². The molecule has 0 aromatic heterocycles. The van der Waals surface area contributed by atoms with Gasteiger partial charge >= 0.3 is 5.97 Å². The van der Waals surface area contributed by atoms with Gasteiger partial charge in [-0.25, -0.2) is 4.79 Å². The van der Waals surface area contributed by atoms with E-state index < -0.39 is 5.97 Å². The maximum absolute atomic E-state index is 12.5. The van der Waals surface area contributed by atoms with E-state index in [0.29, 0.717) is 23.6 Å². The van der Waals surface area contributed by atoms with Crippen LogP contribution in [0.15, 0.2) is 42.5 Å². The van der Waals surface area contributed by atoms with Crippen LogP contribution in [0.1, 0.15) is 21.5 Å². The Labute approximate surface area is 146 Å². The van der Waals surface area contributed by atoms with E-state index in [-0.39, 0.29) is 17.9 Å². The van der Waals surface area contributed by atoms with E-state index in [1.165, 1.54) is 12.1 Å². The highest BCUT2D eigenvalue weighted by molar-refractivity contribution is 5.87. The van der Waals surface area contributed by atoms with Crippen LogP contribution in [0.5, 0.6) is 11.5 Å². The Balaban J connectivity index is 2.09. The Kier molecular flexibility index (Phi) is 6.00. The van der Waals surface area contributed by atoms with E-state index in [4.69, 9.17) is 14.6 Å². The maximum atomic E-state index is 12.5. The van der Waals surface area contributed by atoms with Gasteiger partial charge in [-0.3, -0.25) is 4.79 Å². The predicted molar refractivity (Wildman–Crippen MR) is 93.1 cm³/mol. The molecule has 132 valence electrons. The normalized spacial score (nSPS) is 10.2. The van der Waals surface area contributed by atoms with Gasteiger partial charge in [-0.05, 0) is 29.8 Å². The van der Waals surface area contributed by atoms with E-state index in [0.717, 1.165) is 5.56 Å². The summed E-state index contributed by atoms with van der Waals surface area (Å²) < 4.78 is 10.6. The quantitative estimate of drug-likeness (QED) is 0.836. The van der Waals surface area contributed by atoms with Crippen LogP contribution >= 0.6 is 0 Å². The molecule has 0 saturated heterocycles. The highest BCUT2D eigenvalue weighted by Gasteiger charge is 2.17. The molecular weight excluding hydrogens is 322 g/mol. The Hall–Kier alpha value is -3.02. The third kappa shape index (κ3) is 4.50. The van der Waals surface area contributed by atoms with Crippen LogP contribution in [-0.4, -0.2) is 43.2 Å². The van der Waals surface area contributed by atoms with Crippen LogP contribution in [-0.2, 0) is 17.8 Å². The molecule has 6 nitrogen and oxygen atoms in total. The van der Waals surface area contributed by atoms with Gasteiger partial charge < -0.3 is 19.5 Å². The Morgan fingerprint density at radius 1 is 1.00 bits per heavy atom.